The molecule has 14 heavy (non-hydrogen) atoms. The van der Waals surface area contributed by atoms with Crippen molar-refractivity contribution in [1.82, 2.24) is 0 Å². The molecule has 1 aromatic rings. The minimum Gasteiger partial charge on any atom is -0.385 e. The summed E-state index contributed by atoms with van der Waals surface area (Å²) in [7, 11) is 0. The minimum atomic E-state index is -2.68. The second-order valence-electron chi connectivity index (χ2n) is 3.78. The van der Waals surface area contributed by atoms with Gasteiger partial charge in [-0.25, -0.2) is 8.78 Å². The van der Waals surface area contributed by atoms with Gasteiger partial charge in [0.05, 0.1) is 0 Å². The van der Waals surface area contributed by atoms with E-state index in [1.807, 2.05) is 13.0 Å². The van der Waals surface area contributed by atoms with Crippen LogP contribution in [0.3, 0.4) is 0 Å². The lowest BCUT2D eigenvalue weighted by Gasteiger charge is -2.16. The third-order valence-corrected chi connectivity index (χ3v) is 2.55. The van der Waals surface area contributed by atoms with E-state index in [1.165, 1.54) is 0 Å². The van der Waals surface area contributed by atoms with E-state index in [9.17, 15) is 8.78 Å². The lowest BCUT2D eigenvalue weighted by Crippen LogP contribution is -2.12. The van der Waals surface area contributed by atoms with Crippen molar-refractivity contribution >= 4 is 5.69 Å². The van der Waals surface area contributed by atoms with Gasteiger partial charge >= 0.3 is 0 Å². The topological polar surface area (TPSA) is 12.0 Å². The highest BCUT2D eigenvalue weighted by atomic mass is 19.3. The van der Waals surface area contributed by atoms with E-state index in [1.54, 1.807) is 12.1 Å². The van der Waals surface area contributed by atoms with E-state index in [4.69, 9.17) is 0 Å². The van der Waals surface area contributed by atoms with Crippen LogP contribution in [0.2, 0.25) is 0 Å². The summed E-state index contributed by atoms with van der Waals surface area (Å²) < 4.78 is 27.2. The summed E-state index contributed by atoms with van der Waals surface area (Å²) in [6.45, 7) is 2.47. The van der Waals surface area contributed by atoms with Gasteiger partial charge in [0.2, 0.25) is 0 Å². The largest absolute Gasteiger partial charge is 0.385 e. The van der Waals surface area contributed by atoms with Gasteiger partial charge < -0.3 is 5.32 Å². The molecule has 1 aliphatic heterocycles. The maximum absolute atomic E-state index is 13.6. The molecule has 2 rings (SSSR count). The van der Waals surface area contributed by atoms with E-state index in [0.29, 0.717) is 18.7 Å². The van der Waals surface area contributed by atoms with E-state index in [-0.39, 0.29) is 12.0 Å². The zero-order chi connectivity index (χ0) is 10.2. The molecule has 0 fully saturated rings. The predicted molar refractivity (Wildman–Crippen MR) is 52.8 cm³/mol. The summed E-state index contributed by atoms with van der Waals surface area (Å²) in [4.78, 5) is 0. The highest BCUT2D eigenvalue weighted by molar-refractivity contribution is 5.55. The molecule has 3 heteroatoms. The lowest BCUT2D eigenvalue weighted by atomic mass is 10.0. The Labute approximate surface area is 82.1 Å². The van der Waals surface area contributed by atoms with Crippen LogP contribution in [-0.2, 0) is 5.92 Å². The van der Waals surface area contributed by atoms with E-state index < -0.39 is 5.92 Å². The van der Waals surface area contributed by atoms with Gasteiger partial charge in [0.25, 0.3) is 5.92 Å². The highest BCUT2D eigenvalue weighted by Gasteiger charge is 2.35. The summed E-state index contributed by atoms with van der Waals surface area (Å²) in [6, 6.07) is 5.17. The molecule has 0 bridgehead atoms. The van der Waals surface area contributed by atoms with Crippen LogP contribution in [-0.4, -0.2) is 6.54 Å². The summed E-state index contributed by atoms with van der Waals surface area (Å²) in [5.74, 6) is -2.68. The van der Waals surface area contributed by atoms with Crippen LogP contribution >= 0.6 is 0 Å². The number of hydrogen-bond donors (Lipinski definition) is 1. The van der Waals surface area contributed by atoms with Crippen LogP contribution in [0, 0.1) is 6.92 Å². The summed E-state index contributed by atoms with van der Waals surface area (Å²) >= 11 is 0. The first-order valence-electron chi connectivity index (χ1n) is 4.82. The second kappa shape index (κ2) is 3.23. The summed E-state index contributed by atoms with van der Waals surface area (Å²) in [5, 5.41) is 3.03. The van der Waals surface area contributed by atoms with Gasteiger partial charge in [0.15, 0.2) is 0 Å². The van der Waals surface area contributed by atoms with E-state index in [2.05, 4.69) is 5.32 Å². The summed E-state index contributed by atoms with van der Waals surface area (Å²) in [6.07, 6.45) is 0.456. The first kappa shape index (κ1) is 9.44. The molecule has 0 amide bonds. The Bertz CT molecular complexity index is 347. The molecule has 0 saturated heterocycles. The highest BCUT2D eigenvalue weighted by Crippen LogP contribution is 2.39. The van der Waals surface area contributed by atoms with Gasteiger partial charge in [-0.05, 0) is 25.5 Å². The van der Waals surface area contributed by atoms with Gasteiger partial charge in [-0.1, -0.05) is 11.6 Å². The van der Waals surface area contributed by atoms with Crippen LogP contribution in [0.25, 0.3) is 0 Å². The molecule has 0 aliphatic carbocycles. The molecular weight excluding hydrogens is 184 g/mol. The molecule has 0 saturated carbocycles. The first-order chi connectivity index (χ1) is 6.59. The van der Waals surface area contributed by atoms with Crippen LogP contribution < -0.4 is 5.32 Å². The Kier molecular flexibility index (Phi) is 2.17. The number of rotatable bonds is 0. The SMILES string of the molecule is Cc1ccc2c(c1)C(F)(F)CCCN2. The molecular formula is C11H13F2N. The van der Waals surface area contributed by atoms with Crippen molar-refractivity contribution in [2.24, 2.45) is 0 Å². The van der Waals surface area contributed by atoms with Crippen LogP contribution in [0.5, 0.6) is 0 Å². The van der Waals surface area contributed by atoms with E-state index in [0.717, 1.165) is 5.56 Å². The Morgan fingerprint density at radius 3 is 2.93 bits per heavy atom. The molecule has 1 nitrogen and oxygen atoms in total. The number of fused-ring (bicyclic) bond motifs is 1. The van der Waals surface area contributed by atoms with Gasteiger partial charge in [0.1, 0.15) is 0 Å². The Hall–Kier alpha value is -1.12. The third-order valence-electron chi connectivity index (χ3n) is 2.55. The van der Waals surface area contributed by atoms with Crippen LogP contribution in [0.15, 0.2) is 18.2 Å². The van der Waals surface area contributed by atoms with Gasteiger partial charge in [0, 0.05) is 24.2 Å². The molecule has 0 atom stereocenters. The number of benzene rings is 1. The Morgan fingerprint density at radius 1 is 1.36 bits per heavy atom. The van der Waals surface area contributed by atoms with Crippen molar-refractivity contribution in [3.05, 3.63) is 29.3 Å². The smallest absolute Gasteiger partial charge is 0.275 e. The number of hydrogen-bond acceptors (Lipinski definition) is 1. The maximum atomic E-state index is 13.6. The van der Waals surface area contributed by atoms with Crippen molar-refractivity contribution in [2.45, 2.75) is 25.7 Å². The monoisotopic (exact) mass is 197 g/mol. The third kappa shape index (κ3) is 1.59. The number of alkyl halides is 2. The number of halogens is 2. The zero-order valence-corrected chi connectivity index (χ0v) is 8.11. The quantitative estimate of drug-likeness (QED) is 0.673. The standard InChI is InChI=1S/C11H13F2N/c1-8-3-4-10-9(7-8)11(12,13)5-2-6-14-10/h3-4,7,14H,2,5-6H2,1H3. The van der Waals surface area contributed by atoms with Crippen molar-refractivity contribution < 1.29 is 8.78 Å². The van der Waals surface area contributed by atoms with Gasteiger partial charge in [-0.2, -0.15) is 0 Å². The molecule has 1 N–H and O–H groups in total. The van der Waals surface area contributed by atoms with E-state index >= 15 is 0 Å². The molecule has 1 heterocycles. The average molecular weight is 197 g/mol. The van der Waals surface area contributed by atoms with Crippen LogP contribution in [0.4, 0.5) is 14.5 Å². The Balaban J connectivity index is 2.52. The van der Waals surface area contributed by atoms with Crippen molar-refractivity contribution in [3.8, 4) is 0 Å². The lowest BCUT2D eigenvalue weighted by molar-refractivity contribution is -0.0121. The number of nitrogens with one attached hydrogen (secondary N) is 1. The van der Waals surface area contributed by atoms with Crippen molar-refractivity contribution in [2.75, 3.05) is 11.9 Å². The van der Waals surface area contributed by atoms with Crippen molar-refractivity contribution in [1.29, 1.82) is 0 Å². The molecule has 0 aromatic heterocycles. The average Bonchev–Trinajstić information content (AvgIpc) is 2.26. The van der Waals surface area contributed by atoms with Gasteiger partial charge in [-0.15, -0.1) is 0 Å². The fraction of sp³-hybridized carbons (Fsp3) is 0.455. The summed E-state index contributed by atoms with van der Waals surface area (Å²) in [5.41, 5.74) is 1.61. The molecule has 0 spiro atoms. The fourth-order valence-electron chi connectivity index (χ4n) is 1.78. The zero-order valence-electron chi connectivity index (χ0n) is 8.11. The molecule has 1 aromatic carbocycles. The molecule has 0 unspecified atom stereocenters. The normalized spacial score (nSPS) is 19.4. The van der Waals surface area contributed by atoms with Crippen LogP contribution in [0.1, 0.15) is 24.0 Å². The molecule has 76 valence electrons. The Morgan fingerprint density at radius 2 is 2.14 bits per heavy atom. The number of anilines is 1. The molecule has 1 aliphatic rings. The maximum Gasteiger partial charge on any atom is 0.275 e. The molecule has 0 radical (unpaired) electrons. The fourth-order valence-corrected chi connectivity index (χ4v) is 1.78. The van der Waals surface area contributed by atoms with Crippen molar-refractivity contribution in [3.63, 3.8) is 0 Å². The van der Waals surface area contributed by atoms with Gasteiger partial charge in [-0.3, -0.25) is 0 Å². The predicted octanol–water partition coefficient (Wildman–Crippen LogP) is 3.29. The second-order valence-corrected chi connectivity index (χ2v) is 3.78. The first-order valence-corrected chi connectivity index (χ1v) is 4.82. The minimum absolute atomic E-state index is 0.0591. The number of aryl methyl sites for hydroxylation is 1.